The molecule has 2 aliphatic carbocycles. The van der Waals surface area contributed by atoms with Crippen LogP contribution >= 0.6 is 0 Å². The molecule has 0 saturated heterocycles. The van der Waals surface area contributed by atoms with E-state index in [2.05, 4.69) is 30.4 Å². The summed E-state index contributed by atoms with van der Waals surface area (Å²) >= 11 is 0. The predicted molar refractivity (Wildman–Crippen MR) is 105 cm³/mol. The minimum absolute atomic E-state index is 0.0959. The van der Waals surface area contributed by atoms with Crippen molar-refractivity contribution in [2.45, 2.75) is 45.6 Å². The first-order chi connectivity index (χ1) is 12.3. The van der Waals surface area contributed by atoms with Crippen molar-refractivity contribution in [3.05, 3.63) is 62.3 Å². The molecule has 0 saturated carbocycles. The van der Waals surface area contributed by atoms with Crippen LogP contribution < -0.4 is 16.2 Å². The van der Waals surface area contributed by atoms with E-state index in [1.165, 1.54) is 26.8 Å². The van der Waals surface area contributed by atoms with Crippen LogP contribution in [0.1, 0.15) is 38.3 Å². The second kappa shape index (κ2) is 6.01. The monoisotopic (exact) mass is 347 g/mol. The summed E-state index contributed by atoms with van der Waals surface area (Å²) in [6, 6.07) is 10.5. The van der Waals surface area contributed by atoms with E-state index in [0.29, 0.717) is 0 Å². The molecular weight excluding hydrogens is 322 g/mol. The predicted octanol–water partition coefficient (Wildman–Crippen LogP) is 2.58. The maximum absolute atomic E-state index is 12.6. The lowest BCUT2D eigenvalue weighted by Crippen LogP contribution is -2.33. The summed E-state index contributed by atoms with van der Waals surface area (Å²) < 4.78 is 5.62. The average molecular weight is 347 g/mol. The van der Waals surface area contributed by atoms with Crippen molar-refractivity contribution in [1.29, 1.82) is 0 Å². The van der Waals surface area contributed by atoms with Crippen molar-refractivity contribution in [2.75, 3.05) is 5.73 Å². The van der Waals surface area contributed by atoms with E-state index in [1.807, 2.05) is 32.9 Å². The van der Waals surface area contributed by atoms with E-state index < -0.39 is 5.60 Å². The van der Waals surface area contributed by atoms with Crippen molar-refractivity contribution in [1.82, 2.24) is 0 Å². The Morgan fingerprint density at radius 3 is 2.65 bits per heavy atom. The molecule has 3 nitrogen and oxygen atoms in total. The van der Waals surface area contributed by atoms with Crippen LogP contribution in [0.15, 0.2) is 30.3 Å². The van der Waals surface area contributed by atoms with Crippen LogP contribution in [0, 0.1) is 16.4 Å². The molecular formula is C23H25NO2. The SMILES string of the molecule is CC(C)(C)OC(=O)C1CC=c2ccc3c(c2C1)CC=c1c(N)cccc1=3. The number of ether oxygens (including phenoxy) is 1. The number of carbonyl (C=O) groups is 1. The Bertz CT molecular complexity index is 1110. The number of benzene rings is 2. The molecule has 0 heterocycles. The Kier molecular flexibility index (Phi) is 3.91. The Morgan fingerprint density at radius 1 is 1.08 bits per heavy atom. The number of carbonyl (C=O) groups excluding carboxylic acids is 1. The zero-order valence-electron chi connectivity index (χ0n) is 15.6. The largest absolute Gasteiger partial charge is 0.460 e. The van der Waals surface area contributed by atoms with Crippen LogP contribution in [0.5, 0.6) is 0 Å². The van der Waals surface area contributed by atoms with Crippen molar-refractivity contribution in [3.63, 3.8) is 0 Å². The molecule has 2 aliphatic rings. The highest BCUT2D eigenvalue weighted by molar-refractivity contribution is 5.75. The highest BCUT2D eigenvalue weighted by atomic mass is 16.6. The third kappa shape index (κ3) is 2.92. The van der Waals surface area contributed by atoms with Gasteiger partial charge >= 0.3 is 5.97 Å². The van der Waals surface area contributed by atoms with Crippen molar-refractivity contribution < 1.29 is 9.53 Å². The van der Waals surface area contributed by atoms with Crippen LogP contribution in [0.25, 0.3) is 12.2 Å². The third-order valence-corrected chi connectivity index (χ3v) is 5.22. The van der Waals surface area contributed by atoms with Gasteiger partial charge in [0.05, 0.1) is 5.92 Å². The first-order valence-corrected chi connectivity index (χ1v) is 9.26. The van der Waals surface area contributed by atoms with Gasteiger partial charge in [0.25, 0.3) is 0 Å². The van der Waals surface area contributed by atoms with Crippen molar-refractivity contribution >= 4 is 23.8 Å². The molecule has 0 fully saturated rings. The number of nitrogens with two attached hydrogens (primary N) is 1. The molecule has 0 aliphatic heterocycles. The van der Waals surface area contributed by atoms with Crippen molar-refractivity contribution in [3.8, 4) is 0 Å². The molecule has 0 bridgehead atoms. The number of hydrogen-bond acceptors (Lipinski definition) is 3. The van der Waals surface area contributed by atoms with Crippen molar-refractivity contribution in [2.24, 2.45) is 5.92 Å². The number of fused-ring (bicyclic) bond motifs is 4. The van der Waals surface area contributed by atoms with E-state index in [4.69, 9.17) is 10.5 Å². The number of rotatable bonds is 1. The van der Waals surface area contributed by atoms with E-state index >= 15 is 0 Å². The van der Waals surface area contributed by atoms with Crippen LogP contribution in [0.3, 0.4) is 0 Å². The van der Waals surface area contributed by atoms with Crippen LogP contribution in [0.2, 0.25) is 0 Å². The standard InChI is InChI=1S/C23H25NO2/c1-23(2,3)26-22(25)15-8-7-14-9-10-17-16-5-4-6-21(24)19(16)12-11-18(17)20(14)13-15/h4-7,9-10,12,15H,8,11,13,24H2,1-3H3. The molecule has 2 aromatic carbocycles. The van der Waals surface area contributed by atoms with Gasteiger partial charge in [-0.15, -0.1) is 0 Å². The second-order valence-electron chi connectivity index (χ2n) is 8.25. The lowest BCUT2D eigenvalue weighted by atomic mass is 9.84. The van der Waals surface area contributed by atoms with E-state index in [0.717, 1.165) is 30.2 Å². The zero-order chi connectivity index (χ0) is 18.5. The normalized spacial score (nSPS) is 17.9. The summed E-state index contributed by atoms with van der Waals surface area (Å²) in [7, 11) is 0. The van der Waals surface area contributed by atoms with E-state index in [-0.39, 0.29) is 11.9 Å². The van der Waals surface area contributed by atoms with E-state index in [1.54, 1.807) is 0 Å². The van der Waals surface area contributed by atoms with Gasteiger partial charge in [-0.3, -0.25) is 4.79 Å². The Hall–Kier alpha value is -2.55. The first kappa shape index (κ1) is 16.9. The quantitative estimate of drug-likeness (QED) is 0.637. The summed E-state index contributed by atoms with van der Waals surface area (Å²) in [4.78, 5) is 12.6. The van der Waals surface area contributed by atoms with Crippen LogP contribution in [0.4, 0.5) is 5.69 Å². The smallest absolute Gasteiger partial charge is 0.310 e. The third-order valence-electron chi connectivity index (χ3n) is 5.22. The topological polar surface area (TPSA) is 52.3 Å². The molecule has 2 aromatic rings. The second-order valence-corrected chi connectivity index (χ2v) is 8.25. The summed E-state index contributed by atoms with van der Waals surface area (Å²) in [5, 5.41) is 4.81. The number of nitrogen functional groups attached to an aromatic ring is 1. The number of esters is 1. The summed E-state index contributed by atoms with van der Waals surface area (Å²) in [5.74, 6) is -0.197. The van der Waals surface area contributed by atoms with Gasteiger partial charge in [0, 0.05) is 10.9 Å². The van der Waals surface area contributed by atoms with Crippen LogP contribution in [-0.2, 0) is 22.4 Å². The van der Waals surface area contributed by atoms with Gasteiger partial charge in [-0.2, -0.15) is 0 Å². The molecule has 2 N–H and O–H groups in total. The molecule has 0 radical (unpaired) electrons. The Balaban J connectivity index is 1.83. The number of anilines is 1. The molecule has 1 atom stereocenters. The fourth-order valence-corrected chi connectivity index (χ4v) is 4.04. The van der Waals surface area contributed by atoms with Gasteiger partial charge < -0.3 is 10.5 Å². The van der Waals surface area contributed by atoms with E-state index in [9.17, 15) is 4.79 Å². The molecule has 0 amide bonds. The lowest BCUT2D eigenvalue weighted by Gasteiger charge is -2.26. The molecule has 1 unspecified atom stereocenters. The van der Waals surface area contributed by atoms with Crippen LogP contribution in [-0.4, -0.2) is 11.6 Å². The summed E-state index contributed by atoms with van der Waals surface area (Å²) in [6.45, 7) is 5.76. The first-order valence-electron chi connectivity index (χ1n) is 9.26. The fourth-order valence-electron chi connectivity index (χ4n) is 4.04. The molecule has 0 aromatic heterocycles. The van der Waals surface area contributed by atoms with Gasteiger partial charge in [0.15, 0.2) is 0 Å². The van der Waals surface area contributed by atoms with Gasteiger partial charge in [-0.05, 0) is 72.9 Å². The molecule has 134 valence electrons. The molecule has 3 heteroatoms. The fraction of sp³-hybridized carbons (Fsp3) is 0.348. The Morgan fingerprint density at radius 2 is 1.88 bits per heavy atom. The molecule has 4 rings (SSSR count). The summed E-state index contributed by atoms with van der Waals surface area (Å²) in [6.07, 6.45) is 6.74. The average Bonchev–Trinajstić information content (AvgIpc) is 2.59. The molecule has 0 spiro atoms. The highest BCUT2D eigenvalue weighted by Gasteiger charge is 2.28. The maximum atomic E-state index is 12.6. The minimum Gasteiger partial charge on any atom is -0.460 e. The van der Waals surface area contributed by atoms with Gasteiger partial charge in [0.2, 0.25) is 0 Å². The maximum Gasteiger partial charge on any atom is 0.310 e. The zero-order valence-corrected chi connectivity index (χ0v) is 15.6. The summed E-state index contributed by atoms with van der Waals surface area (Å²) in [5.41, 5.74) is 9.14. The minimum atomic E-state index is -0.447. The highest BCUT2D eigenvalue weighted by Crippen LogP contribution is 2.24. The lowest BCUT2D eigenvalue weighted by molar-refractivity contribution is -0.159. The number of hydrogen-bond donors (Lipinski definition) is 1. The van der Waals surface area contributed by atoms with Gasteiger partial charge in [-0.25, -0.2) is 0 Å². The van der Waals surface area contributed by atoms with Gasteiger partial charge in [-0.1, -0.05) is 36.4 Å². The Labute approximate surface area is 153 Å². The molecule has 26 heavy (non-hydrogen) atoms. The van der Waals surface area contributed by atoms with Gasteiger partial charge in [0.1, 0.15) is 5.60 Å².